The van der Waals surface area contributed by atoms with Crippen LogP contribution in [0.2, 0.25) is 0 Å². The molecular formula is C19H23N5O. The molecule has 130 valence electrons. The first-order chi connectivity index (χ1) is 12.2. The van der Waals surface area contributed by atoms with Crippen LogP contribution in [0.25, 0.3) is 11.0 Å². The number of nitrogens with zero attached hydrogens (tertiary/aromatic N) is 4. The summed E-state index contributed by atoms with van der Waals surface area (Å²) in [7, 11) is 0. The number of aromatic nitrogens is 4. The standard InChI is InChI=1S/C19H23N5O/c1-14(24-10-4-8-21-24)11-18(25)23-9-3-6-16(13-23)17-12-15-5-2-7-20-19(15)22-17/h2,4-5,7-8,10,12,14,16H,3,6,9,11,13H2,1H3,(H,20,22)/t14-,16+/m0/s1. The van der Waals surface area contributed by atoms with Crippen molar-refractivity contribution in [3.05, 3.63) is 48.5 Å². The van der Waals surface area contributed by atoms with Crippen LogP contribution in [0.3, 0.4) is 0 Å². The van der Waals surface area contributed by atoms with Crippen LogP contribution in [0.1, 0.15) is 43.8 Å². The van der Waals surface area contributed by atoms with Crippen LogP contribution in [0, 0.1) is 0 Å². The van der Waals surface area contributed by atoms with Gasteiger partial charge < -0.3 is 9.88 Å². The molecule has 0 aliphatic carbocycles. The molecule has 6 nitrogen and oxygen atoms in total. The van der Waals surface area contributed by atoms with Gasteiger partial charge in [0, 0.05) is 55.1 Å². The summed E-state index contributed by atoms with van der Waals surface area (Å²) in [6.45, 7) is 3.66. The first-order valence-corrected chi connectivity index (χ1v) is 8.91. The van der Waals surface area contributed by atoms with E-state index in [9.17, 15) is 4.79 Å². The summed E-state index contributed by atoms with van der Waals surface area (Å²) < 4.78 is 1.85. The van der Waals surface area contributed by atoms with Gasteiger partial charge in [0.25, 0.3) is 0 Å². The minimum Gasteiger partial charge on any atom is -0.343 e. The van der Waals surface area contributed by atoms with E-state index in [2.05, 4.69) is 27.2 Å². The van der Waals surface area contributed by atoms with Gasteiger partial charge in [0.1, 0.15) is 5.65 Å². The molecule has 0 saturated carbocycles. The van der Waals surface area contributed by atoms with Crippen molar-refractivity contribution in [2.24, 2.45) is 0 Å². The quantitative estimate of drug-likeness (QED) is 0.795. The Bertz CT molecular complexity index is 821. The van der Waals surface area contributed by atoms with Gasteiger partial charge in [0.05, 0.1) is 6.04 Å². The third-order valence-corrected chi connectivity index (χ3v) is 5.07. The summed E-state index contributed by atoms with van der Waals surface area (Å²) in [6, 6.07) is 8.17. The van der Waals surface area contributed by atoms with Gasteiger partial charge in [-0.3, -0.25) is 9.48 Å². The van der Waals surface area contributed by atoms with E-state index in [1.165, 1.54) is 5.69 Å². The molecule has 2 atom stereocenters. The molecule has 1 saturated heterocycles. The van der Waals surface area contributed by atoms with E-state index in [-0.39, 0.29) is 11.9 Å². The molecule has 1 aliphatic heterocycles. The van der Waals surface area contributed by atoms with Gasteiger partial charge >= 0.3 is 0 Å². The number of aromatic amines is 1. The molecule has 0 bridgehead atoms. The zero-order chi connectivity index (χ0) is 17.2. The number of likely N-dealkylation sites (tertiary alicyclic amines) is 1. The number of pyridine rings is 1. The highest BCUT2D eigenvalue weighted by Gasteiger charge is 2.27. The number of carbonyl (C=O) groups excluding carboxylic acids is 1. The van der Waals surface area contributed by atoms with Crippen LogP contribution in [-0.2, 0) is 4.79 Å². The van der Waals surface area contributed by atoms with E-state index in [1.54, 1.807) is 12.4 Å². The van der Waals surface area contributed by atoms with Gasteiger partial charge in [-0.1, -0.05) is 0 Å². The summed E-state index contributed by atoms with van der Waals surface area (Å²) in [4.78, 5) is 22.5. The van der Waals surface area contributed by atoms with E-state index >= 15 is 0 Å². The van der Waals surface area contributed by atoms with Crippen molar-refractivity contribution >= 4 is 16.9 Å². The molecule has 0 unspecified atom stereocenters. The van der Waals surface area contributed by atoms with Crippen molar-refractivity contribution in [3.8, 4) is 0 Å². The predicted octanol–water partition coefficient (Wildman–Crippen LogP) is 3.12. The van der Waals surface area contributed by atoms with Crippen LogP contribution in [0.5, 0.6) is 0 Å². The first kappa shape index (κ1) is 15.9. The van der Waals surface area contributed by atoms with Crippen LogP contribution in [0.4, 0.5) is 0 Å². The van der Waals surface area contributed by atoms with E-state index < -0.39 is 0 Å². The Hall–Kier alpha value is -2.63. The van der Waals surface area contributed by atoms with Gasteiger partial charge in [-0.25, -0.2) is 4.98 Å². The highest BCUT2D eigenvalue weighted by molar-refractivity contribution is 5.78. The van der Waals surface area contributed by atoms with Crippen molar-refractivity contribution in [1.82, 2.24) is 24.6 Å². The van der Waals surface area contributed by atoms with Crippen LogP contribution in [-0.4, -0.2) is 43.6 Å². The molecule has 25 heavy (non-hydrogen) atoms. The minimum absolute atomic E-state index is 0.0835. The Morgan fingerprint density at radius 2 is 2.32 bits per heavy atom. The van der Waals surface area contributed by atoms with Crippen LogP contribution < -0.4 is 0 Å². The second-order valence-corrected chi connectivity index (χ2v) is 6.88. The Kier molecular flexibility index (Phi) is 4.26. The monoisotopic (exact) mass is 337 g/mol. The number of rotatable bonds is 4. The molecule has 4 rings (SSSR count). The molecule has 0 aromatic carbocycles. The number of H-pyrrole nitrogens is 1. The normalized spacial score (nSPS) is 19.2. The van der Waals surface area contributed by atoms with Gasteiger partial charge in [-0.2, -0.15) is 5.10 Å². The Morgan fingerprint density at radius 1 is 1.40 bits per heavy atom. The number of amides is 1. The lowest BCUT2D eigenvalue weighted by molar-refractivity contribution is -0.133. The molecule has 3 aromatic heterocycles. The number of piperidine rings is 1. The SMILES string of the molecule is C[C@@H](CC(=O)N1CCC[C@@H](c2cc3cccnc3[nH]2)C1)n1cccn1. The third-order valence-electron chi connectivity index (χ3n) is 5.07. The van der Waals surface area contributed by atoms with E-state index in [0.717, 1.165) is 37.0 Å². The third kappa shape index (κ3) is 3.29. The molecule has 3 aromatic rings. The lowest BCUT2D eigenvalue weighted by atomic mass is 9.94. The molecule has 1 fully saturated rings. The van der Waals surface area contributed by atoms with Crippen LogP contribution in [0.15, 0.2) is 42.9 Å². The topological polar surface area (TPSA) is 66.8 Å². The van der Waals surface area contributed by atoms with Crippen molar-refractivity contribution in [3.63, 3.8) is 0 Å². The number of hydrogen-bond acceptors (Lipinski definition) is 3. The second-order valence-electron chi connectivity index (χ2n) is 6.88. The average molecular weight is 337 g/mol. The van der Waals surface area contributed by atoms with Gasteiger partial charge in [0.2, 0.25) is 5.91 Å². The fraction of sp³-hybridized carbons (Fsp3) is 0.421. The fourth-order valence-electron chi connectivity index (χ4n) is 3.67. The maximum Gasteiger partial charge on any atom is 0.224 e. The minimum atomic E-state index is 0.0835. The maximum absolute atomic E-state index is 12.7. The summed E-state index contributed by atoms with van der Waals surface area (Å²) in [5.74, 6) is 0.564. The maximum atomic E-state index is 12.7. The fourth-order valence-corrected chi connectivity index (χ4v) is 3.67. The summed E-state index contributed by atoms with van der Waals surface area (Å²) in [6.07, 6.45) is 8.09. The zero-order valence-corrected chi connectivity index (χ0v) is 14.4. The van der Waals surface area contributed by atoms with Gasteiger partial charge in [-0.05, 0) is 44.0 Å². The van der Waals surface area contributed by atoms with Crippen LogP contribution >= 0.6 is 0 Å². The highest BCUT2D eigenvalue weighted by Crippen LogP contribution is 2.29. The molecule has 1 amide bonds. The predicted molar refractivity (Wildman–Crippen MR) is 96.2 cm³/mol. The molecule has 4 heterocycles. The number of hydrogen-bond donors (Lipinski definition) is 1. The van der Waals surface area contributed by atoms with Crippen molar-refractivity contribution in [2.45, 2.75) is 38.1 Å². The molecule has 0 radical (unpaired) electrons. The zero-order valence-electron chi connectivity index (χ0n) is 14.4. The second kappa shape index (κ2) is 6.70. The summed E-state index contributed by atoms with van der Waals surface area (Å²) in [5.41, 5.74) is 2.11. The van der Waals surface area contributed by atoms with E-state index in [0.29, 0.717) is 12.3 Å². The lowest BCUT2D eigenvalue weighted by Crippen LogP contribution is -2.40. The Labute approximate surface area is 146 Å². The number of nitrogens with one attached hydrogen (secondary N) is 1. The summed E-state index contributed by atoms with van der Waals surface area (Å²) >= 11 is 0. The smallest absolute Gasteiger partial charge is 0.224 e. The Morgan fingerprint density at radius 3 is 3.12 bits per heavy atom. The number of fused-ring (bicyclic) bond motifs is 1. The number of carbonyl (C=O) groups is 1. The highest BCUT2D eigenvalue weighted by atomic mass is 16.2. The Balaban J connectivity index is 1.44. The van der Waals surface area contributed by atoms with Crippen molar-refractivity contribution in [2.75, 3.05) is 13.1 Å². The molecule has 0 spiro atoms. The van der Waals surface area contributed by atoms with E-state index in [4.69, 9.17) is 0 Å². The molecule has 6 heteroatoms. The molecular weight excluding hydrogens is 314 g/mol. The van der Waals surface area contributed by atoms with E-state index in [1.807, 2.05) is 34.8 Å². The van der Waals surface area contributed by atoms with Crippen molar-refractivity contribution in [1.29, 1.82) is 0 Å². The van der Waals surface area contributed by atoms with Crippen molar-refractivity contribution < 1.29 is 4.79 Å². The summed E-state index contributed by atoms with van der Waals surface area (Å²) in [5, 5.41) is 5.37. The first-order valence-electron chi connectivity index (χ1n) is 8.91. The largest absolute Gasteiger partial charge is 0.343 e. The molecule has 1 N–H and O–H groups in total. The van der Waals surface area contributed by atoms with Gasteiger partial charge in [0.15, 0.2) is 0 Å². The lowest BCUT2D eigenvalue weighted by Gasteiger charge is -2.33. The van der Waals surface area contributed by atoms with Gasteiger partial charge in [-0.15, -0.1) is 0 Å². The molecule has 1 aliphatic rings. The average Bonchev–Trinajstić information content (AvgIpc) is 3.31.